The molecular formula is C11H12ClFO. The predicted octanol–water partition coefficient (Wildman–Crippen LogP) is 3.58. The summed E-state index contributed by atoms with van der Waals surface area (Å²) < 4.78 is 18.6. The zero-order valence-corrected chi connectivity index (χ0v) is 8.77. The Morgan fingerprint density at radius 2 is 2.21 bits per heavy atom. The van der Waals surface area contributed by atoms with E-state index in [0.29, 0.717) is 18.3 Å². The van der Waals surface area contributed by atoms with E-state index < -0.39 is 5.82 Å². The second-order valence-corrected chi connectivity index (χ2v) is 4.19. The monoisotopic (exact) mass is 214 g/mol. The molecule has 76 valence electrons. The fraction of sp³-hybridized carbons (Fsp3) is 0.455. The molecule has 0 atom stereocenters. The first-order chi connectivity index (χ1) is 6.66. The number of ether oxygens (including phenoxy) is 1. The van der Waals surface area contributed by atoms with Gasteiger partial charge in [0, 0.05) is 0 Å². The SMILES string of the molecule is Cc1cc(F)c(Cl)c(OCC2CC2)c1. The van der Waals surface area contributed by atoms with Crippen LogP contribution in [-0.2, 0) is 0 Å². The van der Waals surface area contributed by atoms with Crippen LogP contribution in [0.15, 0.2) is 12.1 Å². The van der Waals surface area contributed by atoms with Crippen molar-refractivity contribution in [3.05, 3.63) is 28.5 Å². The quantitative estimate of drug-likeness (QED) is 0.748. The maximum atomic E-state index is 13.2. The molecule has 0 heterocycles. The van der Waals surface area contributed by atoms with Gasteiger partial charge in [0.05, 0.1) is 6.61 Å². The van der Waals surface area contributed by atoms with E-state index in [1.54, 1.807) is 6.07 Å². The van der Waals surface area contributed by atoms with Crippen LogP contribution in [0, 0.1) is 18.7 Å². The third kappa shape index (κ3) is 2.18. The van der Waals surface area contributed by atoms with Crippen LogP contribution < -0.4 is 4.74 Å². The number of hydrogen-bond acceptors (Lipinski definition) is 1. The minimum atomic E-state index is -0.405. The Labute approximate surface area is 87.8 Å². The molecule has 0 amide bonds. The van der Waals surface area contributed by atoms with Gasteiger partial charge >= 0.3 is 0 Å². The molecule has 1 aromatic rings. The van der Waals surface area contributed by atoms with Crippen molar-refractivity contribution in [3.63, 3.8) is 0 Å². The topological polar surface area (TPSA) is 9.23 Å². The van der Waals surface area contributed by atoms with Gasteiger partial charge < -0.3 is 4.74 Å². The minimum Gasteiger partial charge on any atom is -0.492 e. The van der Waals surface area contributed by atoms with Crippen molar-refractivity contribution in [1.29, 1.82) is 0 Å². The van der Waals surface area contributed by atoms with Crippen LogP contribution in [0.25, 0.3) is 0 Å². The molecule has 0 spiro atoms. The molecule has 1 aromatic carbocycles. The lowest BCUT2D eigenvalue weighted by Crippen LogP contribution is -2.00. The Balaban J connectivity index is 2.13. The normalized spacial score (nSPS) is 15.6. The summed E-state index contributed by atoms with van der Waals surface area (Å²) in [4.78, 5) is 0. The van der Waals surface area contributed by atoms with Crippen LogP contribution in [0.2, 0.25) is 5.02 Å². The summed E-state index contributed by atoms with van der Waals surface area (Å²) in [6.07, 6.45) is 2.43. The van der Waals surface area contributed by atoms with Gasteiger partial charge in [-0.1, -0.05) is 11.6 Å². The molecule has 14 heavy (non-hydrogen) atoms. The zero-order chi connectivity index (χ0) is 10.1. The Morgan fingerprint density at radius 1 is 1.50 bits per heavy atom. The first kappa shape index (κ1) is 9.78. The van der Waals surface area contributed by atoms with Crippen molar-refractivity contribution < 1.29 is 9.13 Å². The van der Waals surface area contributed by atoms with Crippen molar-refractivity contribution in [2.24, 2.45) is 5.92 Å². The Morgan fingerprint density at radius 3 is 2.86 bits per heavy atom. The summed E-state index contributed by atoms with van der Waals surface area (Å²) >= 11 is 5.77. The van der Waals surface area contributed by atoms with Gasteiger partial charge in [-0.15, -0.1) is 0 Å². The fourth-order valence-corrected chi connectivity index (χ4v) is 1.45. The summed E-state index contributed by atoms with van der Waals surface area (Å²) in [7, 11) is 0. The van der Waals surface area contributed by atoms with Gasteiger partial charge in [-0.25, -0.2) is 4.39 Å². The Bertz CT molecular complexity index is 347. The number of aryl methyl sites for hydroxylation is 1. The molecule has 0 bridgehead atoms. The molecule has 1 aliphatic rings. The maximum Gasteiger partial charge on any atom is 0.145 e. The van der Waals surface area contributed by atoms with E-state index in [1.165, 1.54) is 18.9 Å². The number of rotatable bonds is 3. The van der Waals surface area contributed by atoms with E-state index in [0.717, 1.165) is 5.56 Å². The number of hydrogen-bond donors (Lipinski definition) is 0. The Hall–Kier alpha value is -0.760. The largest absolute Gasteiger partial charge is 0.492 e. The lowest BCUT2D eigenvalue weighted by atomic mass is 10.2. The lowest BCUT2D eigenvalue weighted by molar-refractivity contribution is 0.298. The standard InChI is InChI=1S/C11H12ClFO/c1-7-4-9(13)11(12)10(5-7)14-6-8-2-3-8/h4-5,8H,2-3,6H2,1H3. The van der Waals surface area contributed by atoms with Gasteiger partial charge in [0.15, 0.2) is 0 Å². The summed E-state index contributed by atoms with van der Waals surface area (Å²) in [6.45, 7) is 2.48. The highest BCUT2D eigenvalue weighted by molar-refractivity contribution is 6.32. The van der Waals surface area contributed by atoms with Gasteiger partial charge in [-0.2, -0.15) is 0 Å². The summed E-state index contributed by atoms with van der Waals surface area (Å²) in [5, 5.41) is 0.0938. The van der Waals surface area contributed by atoms with Gasteiger partial charge in [-0.3, -0.25) is 0 Å². The average Bonchev–Trinajstić information content (AvgIpc) is 2.92. The Kier molecular flexibility index (Phi) is 2.64. The molecule has 1 fully saturated rings. The maximum absolute atomic E-state index is 13.2. The van der Waals surface area contributed by atoms with Crippen molar-refractivity contribution in [2.45, 2.75) is 19.8 Å². The van der Waals surface area contributed by atoms with Crippen molar-refractivity contribution in [2.75, 3.05) is 6.61 Å². The first-order valence-electron chi connectivity index (χ1n) is 4.75. The third-order valence-electron chi connectivity index (χ3n) is 2.31. The highest BCUT2D eigenvalue weighted by Crippen LogP contribution is 2.33. The molecule has 0 aromatic heterocycles. The molecule has 3 heteroatoms. The fourth-order valence-electron chi connectivity index (χ4n) is 1.29. The molecule has 1 nitrogen and oxygen atoms in total. The van der Waals surface area contributed by atoms with Gasteiger partial charge in [-0.05, 0) is 43.4 Å². The average molecular weight is 215 g/mol. The van der Waals surface area contributed by atoms with Crippen LogP contribution >= 0.6 is 11.6 Å². The molecule has 0 saturated heterocycles. The smallest absolute Gasteiger partial charge is 0.145 e. The van der Waals surface area contributed by atoms with Gasteiger partial charge in [0.2, 0.25) is 0 Å². The molecule has 0 aliphatic heterocycles. The van der Waals surface area contributed by atoms with E-state index in [-0.39, 0.29) is 5.02 Å². The number of benzene rings is 1. The van der Waals surface area contributed by atoms with Crippen LogP contribution in [0.3, 0.4) is 0 Å². The van der Waals surface area contributed by atoms with Gasteiger partial charge in [0.25, 0.3) is 0 Å². The van der Waals surface area contributed by atoms with Crippen molar-refractivity contribution in [3.8, 4) is 5.75 Å². The predicted molar refractivity (Wildman–Crippen MR) is 54.4 cm³/mol. The van der Waals surface area contributed by atoms with E-state index in [1.807, 2.05) is 6.92 Å². The highest BCUT2D eigenvalue weighted by Gasteiger charge is 2.22. The molecule has 0 radical (unpaired) electrons. The summed E-state index contributed by atoms with van der Waals surface area (Å²) in [6, 6.07) is 3.18. The second kappa shape index (κ2) is 3.77. The van der Waals surface area contributed by atoms with Crippen LogP contribution in [0.5, 0.6) is 5.75 Å². The molecular weight excluding hydrogens is 203 g/mol. The van der Waals surface area contributed by atoms with Crippen molar-refractivity contribution >= 4 is 11.6 Å². The van der Waals surface area contributed by atoms with E-state index in [4.69, 9.17) is 16.3 Å². The van der Waals surface area contributed by atoms with Crippen LogP contribution in [0.1, 0.15) is 18.4 Å². The summed E-state index contributed by atoms with van der Waals surface area (Å²) in [5.74, 6) is 0.711. The first-order valence-corrected chi connectivity index (χ1v) is 5.13. The molecule has 1 saturated carbocycles. The van der Waals surface area contributed by atoms with E-state index in [9.17, 15) is 4.39 Å². The minimum absolute atomic E-state index is 0.0938. The second-order valence-electron chi connectivity index (χ2n) is 3.81. The van der Waals surface area contributed by atoms with E-state index in [2.05, 4.69) is 0 Å². The van der Waals surface area contributed by atoms with Gasteiger partial charge in [0.1, 0.15) is 16.6 Å². The van der Waals surface area contributed by atoms with E-state index >= 15 is 0 Å². The molecule has 0 N–H and O–H groups in total. The number of halogens is 2. The molecule has 1 aliphatic carbocycles. The third-order valence-corrected chi connectivity index (χ3v) is 2.68. The summed E-state index contributed by atoms with van der Waals surface area (Å²) in [5.41, 5.74) is 0.831. The van der Waals surface area contributed by atoms with Crippen molar-refractivity contribution in [1.82, 2.24) is 0 Å². The molecule has 2 rings (SSSR count). The zero-order valence-electron chi connectivity index (χ0n) is 8.02. The van der Waals surface area contributed by atoms with Crippen LogP contribution in [-0.4, -0.2) is 6.61 Å². The lowest BCUT2D eigenvalue weighted by Gasteiger charge is -2.08. The van der Waals surface area contributed by atoms with Crippen LogP contribution in [0.4, 0.5) is 4.39 Å². The highest BCUT2D eigenvalue weighted by atomic mass is 35.5. The molecule has 0 unspecified atom stereocenters.